The van der Waals surface area contributed by atoms with Gasteiger partial charge in [0.2, 0.25) is 0 Å². The number of carbonyl (C=O) groups excluding carboxylic acids is 1. The quantitative estimate of drug-likeness (QED) is 0.305. The van der Waals surface area contributed by atoms with Crippen molar-refractivity contribution in [2.24, 2.45) is 10.7 Å². The highest BCUT2D eigenvalue weighted by Gasteiger charge is 2.09. The molecule has 26 heavy (non-hydrogen) atoms. The summed E-state index contributed by atoms with van der Waals surface area (Å²) in [6, 6.07) is 19.5. The van der Waals surface area contributed by atoms with E-state index in [4.69, 9.17) is 10.9 Å². The molecule has 0 bridgehead atoms. The summed E-state index contributed by atoms with van der Waals surface area (Å²) in [5, 5.41) is 21.9. The number of nitrogens with two attached hydrogens (primary N) is 1. The number of fused-ring (bicyclic) bond motifs is 1. The average Bonchev–Trinajstić information content (AvgIpc) is 2.66. The third kappa shape index (κ3) is 4.20. The fourth-order valence-electron chi connectivity index (χ4n) is 2.48. The molecule has 0 fully saturated rings. The molecule has 3 N–H and O–H groups in total. The number of benzene rings is 3. The van der Waals surface area contributed by atoms with Crippen LogP contribution in [0.2, 0.25) is 0 Å². The van der Waals surface area contributed by atoms with Gasteiger partial charge in [-0.1, -0.05) is 60.3 Å². The molecule has 0 saturated heterocycles. The first-order valence-electron chi connectivity index (χ1n) is 7.79. The van der Waals surface area contributed by atoms with Gasteiger partial charge in [-0.05, 0) is 23.6 Å². The van der Waals surface area contributed by atoms with Crippen LogP contribution in [0.25, 0.3) is 10.8 Å². The lowest BCUT2D eigenvalue weighted by atomic mass is 10.1. The van der Waals surface area contributed by atoms with Crippen molar-refractivity contribution < 1.29 is 10.0 Å². The molecule has 0 unspecified atom stereocenters. The molecule has 0 aliphatic rings. The van der Waals surface area contributed by atoms with Crippen LogP contribution >= 0.6 is 11.8 Å². The smallest absolute Gasteiger partial charge is 0.173 e. The highest BCUT2D eigenvalue weighted by Crippen LogP contribution is 2.26. The summed E-state index contributed by atoms with van der Waals surface area (Å²) in [6.45, 7) is 0. The van der Waals surface area contributed by atoms with Crippen LogP contribution in [0, 0.1) is 5.21 Å². The fourth-order valence-corrected chi connectivity index (χ4v) is 3.09. The molecule has 3 aromatic rings. The molecule has 7 heteroatoms. The largest absolute Gasteiger partial charge is 0.733 e. The zero-order chi connectivity index (χ0) is 18.5. The number of carbonyl (C=O) groups is 1. The Bertz CT molecular complexity index is 968. The van der Waals surface area contributed by atoms with Gasteiger partial charge >= 0.3 is 0 Å². The van der Waals surface area contributed by atoms with E-state index in [-0.39, 0.29) is 27.6 Å². The van der Waals surface area contributed by atoms with Crippen LogP contribution in [-0.2, 0) is 0 Å². The van der Waals surface area contributed by atoms with Crippen molar-refractivity contribution in [1.82, 2.24) is 0 Å². The van der Waals surface area contributed by atoms with Crippen molar-refractivity contribution in [1.29, 1.82) is 0 Å². The number of anilines is 1. The van der Waals surface area contributed by atoms with Crippen molar-refractivity contribution in [3.63, 3.8) is 0 Å². The minimum absolute atomic E-state index is 0.00163. The third-order valence-corrected chi connectivity index (χ3v) is 4.53. The number of hydrogen-bond donors (Lipinski definition) is 2. The van der Waals surface area contributed by atoms with Gasteiger partial charge in [0, 0.05) is 10.9 Å². The lowest BCUT2D eigenvalue weighted by Crippen LogP contribution is -2.12. The molecule has 0 aromatic heterocycles. The first-order chi connectivity index (χ1) is 12.5. The van der Waals surface area contributed by atoms with Crippen molar-refractivity contribution in [2.75, 3.05) is 11.0 Å². The van der Waals surface area contributed by atoms with Gasteiger partial charge in [0.25, 0.3) is 0 Å². The van der Waals surface area contributed by atoms with Crippen molar-refractivity contribution >= 4 is 44.9 Å². The van der Waals surface area contributed by atoms with Crippen LogP contribution in [0.3, 0.4) is 0 Å². The van der Waals surface area contributed by atoms with Gasteiger partial charge in [-0.3, -0.25) is 10.0 Å². The molecule has 0 saturated carbocycles. The van der Waals surface area contributed by atoms with Gasteiger partial charge in [0.15, 0.2) is 11.0 Å². The Morgan fingerprint density at radius 2 is 1.85 bits per heavy atom. The van der Waals surface area contributed by atoms with Gasteiger partial charge in [0.05, 0.1) is 17.1 Å². The Balaban J connectivity index is 1.72. The normalized spacial score (nSPS) is 11.5. The van der Waals surface area contributed by atoms with Crippen LogP contribution in [0.5, 0.6) is 0 Å². The molecule has 6 nitrogen and oxygen atoms in total. The molecular formula is C19H16N3O3S-. The summed E-state index contributed by atoms with van der Waals surface area (Å²) in [6.07, 6.45) is 0. The van der Waals surface area contributed by atoms with E-state index in [0.717, 1.165) is 28.2 Å². The number of rotatable bonds is 5. The van der Waals surface area contributed by atoms with E-state index in [1.807, 2.05) is 42.5 Å². The van der Waals surface area contributed by atoms with Crippen LogP contribution < -0.4 is 11.0 Å². The second kappa shape index (κ2) is 8.01. The zero-order valence-corrected chi connectivity index (χ0v) is 14.5. The lowest BCUT2D eigenvalue weighted by molar-refractivity contribution is 0.102. The Kier molecular flexibility index (Phi) is 5.52. The Morgan fingerprint density at radius 1 is 1.12 bits per heavy atom. The Labute approximate surface area is 154 Å². The molecule has 3 rings (SSSR count). The van der Waals surface area contributed by atoms with E-state index in [0.29, 0.717) is 5.56 Å². The minimum Gasteiger partial charge on any atom is -0.733 e. The molecule has 0 heterocycles. The second-order valence-electron chi connectivity index (χ2n) is 5.48. The third-order valence-electron chi connectivity index (χ3n) is 3.74. The molecule has 0 atom stereocenters. The molecule has 0 spiro atoms. The topological polar surface area (TPSA) is 102 Å². The van der Waals surface area contributed by atoms with Crippen molar-refractivity contribution in [3.8, 4) is 0 Å². The van der Waals surface area contributed by atoms with E-state index >= 15 is 0 Å². The second-order valence-corrected chi connectivity index (χ2v) is 6.48. The predicted molar refractivity (Wildman–Crippen MR) is 106 cm³/mol. The number of aliphatic imine (C=N–C) groups is 1. The van der Waals surface area contributed by atoms with Gasteiger partial charge in [0.1, 0.15) is 0 Å². The summed E-state index contributed by atoms with van der Waals surface area (Å²) in [7, 11) is 0. The summed E-state index contributed by atoms with van der Waals surface area (Å²) in [5.74, 6) is -0.136. The van der Waals surface area contributed by atoms with E-state index in [9.17, 15) is 10.0 Å². The first kappa shape index (κ1) is 17.9. The highest BCUT2D eigenvalue weighted by atomic mass is 32.2. The van der Waals surface area contributed by atoms with E-state index in [1.54, 1.807) is 6.07 Å². The van der Waals surface area contributed by atoms with E-state index < -0.39 is 0 Å². The average molecular weight is 366 g/mol. The maximum absolute atomic E-state index is 12.3. The van der Waals surface area contributed by atoms with Crippen LogP contribution in [-0.4, -0.2) is 21.9 Å². The summed E-state index contributed by atoms with van der Waals surface area (Å²) < 4.78 is 0. The maximum Gasteiger partial charge on any atom is 0.173 e. The molecule has 3 aromatic carbocycles. The molecule has 0 amide bonds. The monoisotopic (exact) mass is 366 g/mol. The summed E-state index contributed by atoms with van der Waals surface area (Å²) in [5.41, 5.74) is 7.02. The predicted octanol–water partition coefficient (Wildman–Crippen LogP) is 4.10. The molecule has 0 radical (unpaired) electrons. The van der Waals surface area contributed by atoms with Gasteiger partial charge in [-0.25, -0.2) is 4.99 Å². The number of thioether (sulfide) groups is 1. The summed E-state index contributed by atoms with van der Waals surface area (Å²) >= 11 is 1.12. The van der Waals surface area contributed by atoms with Crippen LogP contribution in [0.15, 0.2) is 71.7 Å². The zero-order valence-electron chi connectivity index (χ0n) is 13.7. The Morgan fingerprint density at radius 3 is 2.65 bits per heavy atom. The first-order valence-corrected chi connectivity index (χ1v) is 8.77. The minimum atomic E-state index is -0.278. The van der Waals surface area contributed by atoms with E-state index in [1.165, 1.54) is 18.2 Å². The SMILES string of the molecule is NC(=Nc1cccc2ccccc12)SCC(=O)c1cccc(N([O-])O)c1. The lowest BCUT2D eigenvalue weighted by Gasteiger charge is -2.21. The number of nitrogens with zero attached hydrogens (tertiary/aromatic N) is 2. The molecule has 132 valence electrons. The molecule has 0 aliphatic heterocycles. The maximum atomic E-state index is 12.3. The van der Waals surface area contributed by atoms with Crippen LogP contribution in [0.4, 0.5) is 11.4 Å². The van der Waals surface area contributed by atoms with Gasteiger partial charge < -0.3 is 16.2 Å². The van der Waals surface area contributed by atoms with Crippen molar-refractivity contribution in [2.45, 2.75) is 0 Å². The number of ketones is 1. The molecular weight excluding hydrogens is 350 g/mol. The number of amidine groups is 1. The molecule has 0 aliphatic carbocycles. The number of Topliss-reactive ketones (excluding diaryl/α,β-unsaturated/α-hetero) is 1. The fraction of sp³-hybridized carbons (Fsp3) is 0.0526. The van der Waals surface area contributed by atoms with Crippen molar-refractivity contribution in [3.05, 3.63) is 77.5 Å². The standard InChI is InChI=1S/C19H16N3O3S/c20-19(21-17-10-4-6-13-5-1-2-9-16(13)17)26-12-18(23)14-7-3-8-15(11-14)22(24)25/h1-11,24H,12H2,(H2,20,21)/q-1. The number of hydrogen-bond acceptors (Lipinski definition) is 6. The summed E-state index contributed by atoms with van der Waals surface area (Å²) in [4.78, 5) is 16.7. The Hall–Kier alpha value is -2.87. The van der Waals surface area contributed by atoms with Gasteiger partial charge in [-0.15, -0.1) is 0 Å². The van der Waals surface area contributed by atoms with Gasteiger partial charge in [-0.2, -0.15) is 0 Å². The van der Waals surface area contributed by atoms with E-state index in [2.05, 4.69) is 4.99 Å². The van der Waals surface area contributed by atoms with Crippen LogP contribution in [0.1, 0.15) is 10.4 Å². The highest BCUT2D eigenvalue weighted by molar-refractivity contribution is 8.14.